The highest BCUT2D eigenvalue weighted by atomic mass is 15.1. The summed E-state index contributed by atoms with van der Waals surface area (Å²) in [6.07, 6.45) is 2.53. The van der Waals surface area contributed by atoms with Crippen molar-refractivity contribution in [2.24, 2.45) is 5.92 Å². The smallest absolute Gasteiger partial charge is 0.00186 e. The van der Waals surface area contributed by atoms with Crippen molar-refractivity contribution in [3.8, 4) is 0 Å². The molecule has 0 aliphatic rings. The molecule has 0 saturated heterocycles. The summed E-state index contributed by atoms with van der Waals surface area (Å²) in [7, 11) is 4.24. The molecule has 0 aromatic carbocycles. The molecule has 0 radical (unpaired) electrons. The molecule has 0 aromatic rings. The van der Waals surface area contributed by atoms with Crippen LogP contribution in [0.15, 0.2) is 0 Å². The third-order valence-electron chi connectivity index (χ3n) is 2.25. The van der Waals surface area contributed by atoms with Crippen LogP contribution in [0.2, 0.25) is 0 Å². The quantitative estimate of drug-likeness (QED) is 0.627. The molecule has 12 heavy (non-hydrogen) atoms. The molecule has 0 fully saturated rings. The van der Waals surface area contributed by atoms with E-state index in [-0.39, 0.29) is 0 Å². The molecular weight excluding hydrogens is 148 g/mol. The summed E-state index contributed by atoms with van der Waals surface area (Å²) in [5.74, 6) is 0.812. The molecule has 0 spiro atoms. The molecule has 74 valence electrons. The van der Waals surface area contributed by atoms with Gasteiger partial charge in [0.05, 0.1) is 0 Å². The molecule has 0 aliphatic carbocycles. The van der Waals surface area contributed by atoms with Crippen LogP contribution < -0.4 is 5.32 Å². The van der Waals surface area contributed by atoms with Crippen LogP contribution in [0.3, 0.4) is 0 Å². The van der Waals surface area contributed by atoms with Gasteiger partial charge in [0.1, 0.15) is 0 Å². The maximum Gasteiger partial charge on any atom is 0.00186 e. The van der Waals surface area contributed by atoms with Gasteiger partial charge in [0.15, 0.2) is 0 Å². The fourth-order valence-electron chi connectivity index (χ4n) is 1.54. The van der Waals surface area contributed by atoms with Crippen molar-refractivity contribution < 1.29 is 0 Å². The molecular formula is C10H24N2. The lowest BCUT2D eigenvalue weighted by Gasteiger charge is -2.22. The van der Waals surface area contributed by atoms with Gasteiger partial charge in [-0.15, -0.1) is 0 Å². The Kier molecular flexibility index (Phi) is 7.51. The van der Waals surface area contributed by atoms with Crippen LogP contribution >= 0.6 is 0 Å². The first-order chi connectivity index (χ1) is 5.74. The van der Waals surface area contributed by atoms with Gasteiger partial charge < -0.3 is 10.2 Å². The van der Waals surface area contributed by atoms with E-state index in [1.54, 1.807) is 0 Å². The first-order valence-electron chi connectivity index (χ1n) is 5.07. The average Bonchev–Trinajstić information content (AvgIpc) is 2.04. The summed E-state index contributed by atoms with van der Waals surface area (Å²) in [6.45, 7) is 8.09. The minimum Gasteiger partial charge on any atom is -0.319 e. The maximum absolute atomic E-state index is 3.24. The number of nitrogens with zero attached hydrogens (tertiary/aromatic N) is 1. The van der Waals surface area contributed by atoms with Crippen molar-refractivity contribution >= 4 is 0 Å². The Bertz CT molecular complexity index is 93.8. The number of hydrogen-bond donors (Lipinski definition) is 1. The van der Waals surface area contributed by atoms with E-state index in [2.05, 4.69) is 31.1 Å². The van der Waals surface area contributed by atoms with Gasteiger partial charge in [-0.2, -0.15) is 0 Å². The molecule has 0 aromatic heterocycles. The minimum absolute atomic E-state index is 0.812. The lowest BCUT2D eigenvalue weighted by Crippen LogP contribution is -2.31. The summed E-state index contributed by atoms with van der Waals surface area (Å²) < 4.78 is 0. The second kappa shape index (κ2) is 7.56. The first-order valence-corrected chi connectivity index (χ1v) is 5.07. The first kappa shape index (κ1) is 11.9. The fraction of sp³-hybridized carbons (Fsp3) is 1.00. The highest BCUT2D eigenvalue weighted by Crippen LogP contribution is 2.03. The number of hydrogen-bond acceptors (Lipinski definition) is 2. The zero-order chi connectivity index (χ0) is 9.40. The zero-order valence-corrected chi connectivity index (χ0v) is 9.06. The van der Waals surface area contributed by atoms with Gasteiger partial charge in [0.25, 0.3) is 0 Å². The van der Waals surface area contributed by atoms with E-state index in [9.17, 15) is 0 Å². The van der Waals surface area contributed by atoms with Gasteiger partial charge in [-0.25, -0.2) is 0 Å². The van der Waals surface area contributed by atoms with Gasteiger partial charge >= 0.3 is 0 Å². The van der Waals surface area contributed by atoms with Crippen molar-refractivity contribution in [1.82, 2.24) is 10.2 Å². The standard InChI is InChI=1S/C10H24N2/c1-5-7-12(4)9-10(6-2)8-11-3/h10-11H,5-9H2,1-4H3. The largest absolute Gasteiger partial charge is 0.319 e. The van der Waals surface area contributed by atoms with E-state index in [0.29, 0.717) is 0 Å². The van der Waals surface area contributed by atoms with E-state index < -0.39 is 0 Å². The van der Waals surface area contributed by atoms with E-state index in [0.717, 1.165) is 12.5 Å². The van der Waals surface area contributed by atoms with Crippen LogP contribution in [0.4, 0.5) is 0 Å². The van der Waals surface area contributed by atoms with Crippen molar-refractivity contribution in [2.45, 2.75) is 26.7 Å². The molecule has 2 heteroatoms. The average molecular weight is 172 g/mol. The summed E-state index contributed by atoms with van der Waals surface area (Å²) in [5, 5.41) is 3.24. The molecule has 0 aliphatic heterocycles. The van der Waals surface area contributed by atoms with Gasteiger partial charge in [0.2, 0.25) is 0 Å². The summed E-state index contributed by atoms with van der Waals surface area (Å²) in [4.78, 5) is 2.42. The van der Waals surface area contributed by atoms with Gasteiger partial charge in [-0.05, 0) is 39.5 Å². The molecule has 0 amide bonds. The maximum atomic E-state index is 3.24. The third-order valence-corrected chi connectivity index (χ3v) is 2.25. The van der Waals surface area contributed by atoms with Crippen LogP contribution in [0.5, 0.6) is 0 Å². The highest BCUT2D eigenvalue weighted by Gasteiger charge is 2.07. The van der Waals surface area contributed by atoms with Gasteiger partial charge in [-0.1, -0.05) is 20.3 Å². The van der Waals surface area contributed by atoms with E-state index in [4.69, 9.17) is 0 Å². The lowest BCUT2D eigenvalue weighted by molar-refractivity contribution is 0.269. The predicted octanol–water partition coefficient (Wildman–Crippen LogP) is 1.57. The second-order valence-corrected chi connectivity index (χ2v) is 3.59. The Morgan fingerprint density at radius 2 is 2.00 bits per heavy atom. The summed E-state index contributed by atoms with van der Waals surface area (Å²) >= 11 is 0. The molecule has 1 N–H and O–H groups in total. The van der Waals surface area contributed by atoms with Crippen LogP contribution in [0.25, 0.3) is 0 Å². The predicted molar refractivity (Wildman–Crippen MR) is 55.5 cm³/mol. The monoisotopic (exact) mass is 172 g/mol. The molecule has 0 heterocycles. The second-order valence-electron chi connectivity index (χ2n) is 3.59. The zero-order valence-electron chi connectivity index (χ0n) is 9.06. The van der Waals surface area contributed by atoms with Gasteiger partial charge in [0, 0.05) is 6.54 Å². The van der Waals surface area contributed by atoms with Crippen LogP contribution in [0, 0.1) is 5.92 Å². The van der Waals surface area contributed by atoms with Crippen molar-refractivity contribution in [2.75, 3.05) is 33.7 Å². The molecule has 0 bridgehead atoms. The van der Waals surface area contributed by atoms with Crippen LogP contribution in [-0.4, -0.2) is 38.6 Å². The Morgan fingerprint density at radius 1 is 1.33 bits per heavy atom. The molecule has 1 unspecified atom stereocenters. The summed E-state index contributed by atoms with van der Waals surface area (Å²) in [5.41, 5.74) is 0. The number of nitrogens with one attached hydrogen (secondary N) is 1. The third kappa shape index (κ3) is 5.56. The lowest BCUT2D eigenvalue weighted by atomic mass is 10.1. The van der Waals surface area contributed by atoms with E-state index in [1.165, 1.54) is 25.9 Å². The molecule has 1 atom stereocenters. The van der Waals surface area contributed by atoms with Crippen molar-refractivity contribution in [3.05, 3.63) is 0 Å². The molecule has 2 nitrogen and oxygen atoms in total. The van der Waals surface area contributed by atoms with E-state index in [1.807, 2.05) is 7.05 Å². The Labute approximate surface area is 77.3 Å². The van der Waals surface area contributed by atoms with Crippen molar-refractivity contribution in [3.63, 3.8) is 0 Å². The van der Waals surface area contributed by atoms with Crippen LogP contribution in [-0.2, 0) is 0 Å². The number of rotatable bonds is 7. The van der Waals surface area contributed by atoms with Crippen LogP contribution in [0.1, 0.15) is 26.7 Å². The topological polar surface area (TPSA) is 15.3 Å². The van der Waals surface area contributed by atoms with E-state index >= 15 is 0 Å². The normalized spacial score (nSPS) is 13.8. The Hall–Kier alpha value is -0.0800. The molecule has 0 saturated carbocycles. The Balaban J connectivity index is 3.53. The highest BCUT2D eigenvalue weighted by molar-refractivity contribution is 4.63. The minimum atomic E-state index is 0.812. The summed E-state index contributed by atoms with van der Waals surface area (Å²) in [6, 6.07) is 0. The Morgan fingerprint density at radius 3 is 2.42 bits per heavy atom. The SMILES string of the molecule is CCCN(C)CC(CC)CNC. The molecule has 0 rings (SSSR count). The van der Waals surface area contributed by atoms with Crippen molar-refractivity contribution in [1.29, 1.82) is 0 Å². The fourth-order valence-corrected chi connectivity index (χ4v) is 1.54. The van der Waals surface area contributed by atoms with Gasteiger partial charge in [-0.3, -0.25) is 0 Å².